The van der Waals surface area contributed by atoms with Gasteiger partial charge in [0.2, 0.25) is 0 Å². The number of nitriles is 1. The SMILES string of the molecule is C[C@H](C#N)CSc1nc2ccccc2c(=O)n1-c1ccccc1F. The van der Waals surface area contributed by atoms with E-state index in [1.807, 2.05) is 0 Å². The first kappa shape index (κ1) is 16.2. The number of hydrogen-bond acceptors (Lipinski definition) is 4. The molecule has 0 unspecified atom stereocenters. The van der Waals surface area contributed by atoms with E-state index >= 15 is 0 Å². The monoisotopic (exact) mass is 339 g/mol. The third kappa shape index (κ3) is 3.03. The first-order valence-corrected chi connectivity index (χ1v) is 8.39. The predicted octanol–water partition coefficient (Wildman–Crippen LogP) is 3.78. The van der Waals surface area contributed by atoms with Crippen LogP contribution in [0.25, 0.3) is 16.6 Å². The molecule has 0 aliphatic carbocycles. The summed E-state index contributed by atoms with van der Waals surface area (Å²) in [5.74, 6) is -0.227. The molecule has 3 aromatic rings. The molecule has 1 atom stereocenters. The Hall–Kier alpha value is -2.65. The van der Waals surface area contributed by atoms with Crippen LogP contribution in [-0.2, 0) is 0 Å². The zero-order chi connectivity index (χ0) is 17.1. The van der Waals surface area contributed by atoms with E-state index in [0.717, 1.165) is 0 Å². The highest BCUT2D eigenvalue weighted by atomic mass is 32.2. The predicted molar refractivity (Wildman–Crippen MR) is 92.8 cm³/mol. The van der Waals surface area contributed by atoms with Gasteiger partial charge in [-0.25, -0.2) is 9.37 Å². The van der Waals surface area contributed by atoms with Crippen molar-refractivity contribution >= 4 is 22.7 Å². The smallest absolute Gasteiger partial charge is 0.266 e. The van der Waals surface area contributed by atoms with E-state index in [-0.39, 0.29) is 17.2 Å². The molecule has 1 heterocycles. The molecule has 0 aliphatic heterocycles. The number of hydrogen-bond donors (Lipinski definition) is 0. The number of thioether (sulfide) groups is 1. The van der Waals surface area contributed by atoms with Gasteiger partial charge in [0.15, 0.2) is 5.16 Å². The van der Waals surface area contributed by atoms with Crippen LogP contribution in [0.2, 0.25) is 0 Å². The summed E-state index contributed by atoms with van der Waals surface area (Å²) in [5.41, 5.74) is 0.396. The Morgan fingerprint density at radius 2 is 1.96 bits per heavy atom. The van der Waals surface area contributed by atoms with Gasteiger partial charge in [-0.1, -0.05) is 36.0 Å². The van der Waals surface area contributed by atoms with Crippen molar-refractivity contribution in [1.82, 2.24) is 9.55 Å². The zero-order valence-electron chi connectivity index (χ0n) is 12.9. The summed E-state index contributed by atoms with van der Waals surface area (Å²) in [6, 6.07) is 15.2. The molecule has 0 saturated carbocycles. The molecule has 6 heteroatoms. The Kier molecular flexibility index (Phi) is 4.63. The molecular weight excluding hydrogens is 325 g/mol. The fourth-order valence-electron chi connectivity index (χ4n) is 2.29. The van der Waals surface area contributed by atoms with Crippen LogP contribution in [0.15, 0.2) is 58.5 Å². The van der Waals surface area contributed by atoms with Gasteiger partial charge in [-0.2, -0.15) is 5.26 Å². The standard InChI is InChI=1S/C18H14FN3OS/c1-12(10-20)11-24-18-21-15-8-4-2-6-13(15)17(23)22(18)16-9-5-3-7-14(16)19/h2-9,12H,11H2,1H3/t12-/m1/s1. The van der Waals surface area contributed by atoms with Crippen LogP contribution >= 0.6 is 11.8 Å². The number of aromatic nitrogens is 2. The average Bonchev–Trinajstić information content (AvgIpc) is 2.61. The van der Waals surface area contributed by atoms with Crippen LogP contribution in [0.4, 0.5) is 4.39 Å². The average molecular weight is 339 g/mol. The molecule has 120 valence electrons. The summed E-state index contributed by atoms with van der Waals surface area (Å²) >= 11 is 1.27. The first-order valence-electron chi connectivity index (χ1n) is 7.41. The van der Waals surface area contributed by atoms with Crippen molar-refractivity contribution in [2.75, 3.05) is 5.75 Å². The zero-order valence-corrected chi connectivity index (χ0v) is 13.8. The van der Waals surface area contributed by atoms with Crippen LogP contribution in [0.1, 0.15) is 6.92 Å². The summed E-state index contributed by atoms with van der Waals surface area (Å²) in [6.07, 6.45) is 0. The Labute approximate surface area is 142 Å². The fraction of sp³-hybridized carbons (Fsp3) is 0.167. The summed E-state index contributed by atoms with van der Waals surface area (Å²) in [5, 5.41) is 9.77. The van der Waals surface area contributed by atoms with E-state index in [0.29, 0.717) is 21.8 Å². The van der Waals surface area contributed by atoms with E-state index in [9.17, 15) is 9.18 Å². The number of fused-ring (bicyclic) bond motifs is 1. The molecule has 0 aliphatic rings. The summed E-state index contributed by atoms with van der Waals surface area (Å²) in [6.45, 7) is 1.79. The van der Waals surface area contributed by atoms with Gasteiger partial charge in [-0.05, 0) is 31.2 Å². The molecule has 1 aromatic heterocycles. The normalized spacial score (nSPS) is 12.0. The van der Waals surface area contributed by atoms with E-state index in [2.05, 4.69) is 11.1 Å². The maximum atomic E-state index is 14.3. The lowest BCUT2D eigenvalue weighted by atomic mass is 10.2. The lowest BCUT2D eigenvalue weighted by molar-refractivity contribution is 0.608. The largest absolute Gasteiger partial charge is 0.268 e. The third-order valence-corrected chi connectivity index (χ3v) is 4.72. The van der Waals surface area contributed by atoms with Crippen molar-refractivity contribution < 1.29 is 4.39 Å². The fourth-order valence-corrected chi connectivity index (χ4v) is 3.24. The topological polar surface area (TPSA) is 58.7 Å². The highest BCUT2D eigenvalue weighted by Crippen LogP contribution is 2.24. The summed E-state index contributed by atoms with van der Waals surface area (Å²) in [7, 11) is 0. The molecule has 0 bridgehead atoms. The second-order valence-corrected chi connectivity index (χ2v) is 6.33. The second kappa shape index (κ2) is 6.85. The van der Waals surface area contributed by atoms with Gasteiger partial charge < -0.3 is 0 Å². The maximum absolute atomic E-state index is 14.3. The number of halogens is 1. The van der Waals surface area contributed by atoms with Crippen LogP contribution in [-0.4, -0.2) is 15.3 Å². The number of rotatable bonds is 4. The van der Waals surface area contributed by atoms with Crippen LogP contribution in [0, 0.1) is 23.1 Å². The molecule has 0 radical (unpaired) electrons. The minimum Gasteiger partial charge on any atom is -0.268 e. The first-order chi connectivity index (χ1) is 11.6. The Morgan fingerprint density at radius 3 is 2.71 bits per heavy atom. The van der Waals surface area contributed by atoms with Crippen molar-refractivity contribution in [3.8, 4) is 11.8 Å². The van der Waals surface area contributed by atoms with Crippen molar-refractivity contribution in [3.63, 3.8) is 0 Å². The van der Waals surface area contributed by atoms with Gasteiger partial charge in [-0.15, -0.1) is 0 Å². The Morgan fingerprint density at radius 1 is 1.25 bits per heavy atom. The van der Waals surface area contributed by atoms with E-state index in [4.69, 9.17) is 5.26 Å². The van der Waals surface area contributed by atoms with Gasteiger partial charge in [0.1, 0.15) is 5.82 Å². The Balaban J connectivity index is 2.24. The molecular formula is C18H14FN3OS. The minimum absolute atomic E-state index is 0.160. The molecule has 0 saturated heterocycles. The van der Waals surface area contributed by atoms with Crippen molar-refractivity contribution in [1.29, 1.82) is 5.26 Å². The van der Waals surface area contributed by atoms with Gasteiger partial charge in [0, 0.05) is 5.75 Å². The highest BCUT2D eigenvalue weighted by Gasteiger charge is 2.16. The molecule has 0 spiro atoms. The Bertz CT molecular complexity index is 993. The molecule has 2 aromatic carbocycles. The lowest BCUT2D eigenvalue weighted by Crippen LogP contribution is -2.23. The van der Waals surface area contributed by atoms with Gasteiger partial charge in [-0.3, -0.25) is 9.36 Å². The van der Waals surface area contributed by atoms with Crippen molar-refractivity contribution in [3.05, 3.63) is 64.7 Å². The second-order valence-electron chi connectivity index (χ2n) is 5.34. The molecule has 0 fully saturated rings. The molecule has 0 amide bonds. The number of benzene rings is 2. The van der Waals surface area contributed by atoms with Gasteiger partial charge in [0.25, 0.3) is 5.56 Å². The molecule has 0 N–H and O–H groups in total. The molecule has 24 heavy (non-hydrogen) atoms. The van der Waals surface area contributed by atoms with Gasteiger partial charge in [0.05, 0.1) is 28.6 Å². The highest BCUT2D eigenvalue weighted by molar-refractivity contribution is 7.99. The van der Waals surface area contributed by atoms with Crippen molar-refractivity contribution in [2.24, 2.45) is 5.92 Å². The van der Waals surface area contributed by atoms with E-state index in [1.54, 1.807) is 49.4 Å². The van der Waals surface area contributed by atoms with Crippen molar-refractivity contribution in [2.45, 2.75) is 12.1 Å². The quantitative estimate of drug-likeness (QED) is 0.536. The van der Waals surface area contributed by atoms with Crippen LogP contribution < -0.4 is 5.56 Å². The summed E-state index contributed by atoms with van der Waals surface area (Å²) < 4.78 is 15.5. The maximum Gasteiger partial charge on any atom is 0.266 e. The van der Waals surface area contributed by atoms with E-state index in [1.165, 1.54) is 22.4 Å². The van der Waals surface area contributed by atoms with E-state index < -0.39 is 5.82 Å². The van der Waals surface area contributed by atoms with Gasteiger partial charge >= 0.3 is 0 Å². The number of nitrogens with zero attached hydrogens (tertiary/aromatic N) is 3. The number of para-hydroxylation sites is 2. The lowest BCUT2D eigenvalue weighted by Gasteiger charge is -2.14. The molecule has 4 nitrogen and oxygen atoms in total. The summed E-state index contributed by atoms with van der Waals surface area (Å²) in [4.78, 5) is 17.4. The molecule has 3 rings (SSSR count). The minimum atomic E-state index is -0.494. The third-order valence-electron chi connectivity index (χ3n) is 3.52. The van der Waals surface area contributed by atoms with Crippen LogP contribution in [0.3, 0.4) is 0 Å². The van der Waals surface area contributed by atoms with Crippen LogP contribution in [0.5, 0.6) is 0 Å².